The van der Waals surface area contributed by atoms with E-state index < -0.39 is 7.14 Å². The number of nitrogens with one attached hydrogen (secondary N) is 1. The molecule has 2 aromatic carbocycles. The Morgan fingerprint density at radius 1 is 1.13 bits per heavy atom. The monoisotopic (exact) mass is 551 g/mol. The van der Waals surface area contributed by atoms with Gasteiger partial charge in [0.15, 0.2) is 0 Å². The Morgan fingerprint density at radius 3 is 2.46 bits per heavy atom. The van der Waals surface area contributed by atoms with Gasteiger partial charge in [-0.2, -0.15) is 0 Å². The van der Waals surface area contributed by atoms with Gasteiger partial charge in [-0.15, -0.1) is 0 Å². The van der Waals surface area contributed by atoms with Gasteiger partial charge in [0.2, 0.25) is 5.95 Å². The van der Waals surface area contributed by atoms with Crippen LogP contribution in [0.15, 0.2) is 48.8 Å². The summed E-state index contributed by atoms with van der Waals surface area (Å²) in [6, 6.07) is 11.3. The van der Waals surface area contributed by atoms with Crippen LogP contribution in [-0.2, 0) is 11.6 Å². The molecule has 0 saturated heterocycles. The van der Waals surface area contributed by atoms with Crippen molar-refractivity contribution in [3.8, 4) is 11.3 Å². The molecule has 0 spiro atoms. The van der Waals surface area contributed by atoms with Crippen molar-refractivity contribution in [3.63, 3.8) is 0 Å². The number of nitro groups is 1. The van der Waals surface area contributed by atoms with Crippen LogP contribution in [0, 0.1) is 17.0 Å². The van der Waals surface area contributed by atoms with Gasteiger partial charge in [0.05, 0.1) is 21.6 Å². The molecule has 0 aliphatic carbocycles. The average molecular weight is 552 g/mol. The van der Waals surface area contributed by atoms with Crippen LogP contribution in [0.5, 0.6) is 0 Å². The first-order valence-electron chi connectivity index (χ1n) is 12.3. The number of anilines is 3. The summed E-state index contributed by atoms with van der Waals surface area (Å²) in [6.07, 6.45) is 3.57. The number of nitro benzene ring substituents is 1. The second kappa shape index (κ2) is 11.6. The van der Waals surface area contributed by atoms with Crippen molar-refractivity contribution in [2.24, 2.45) is 7.05 Å². The van der Waals surface area contributed by atoms with Crippen molar-refractivity contribution in [1.82, 2.24) is 19.4 Å². The van der Waals surface area contributed by atoms with Gasteiger partial charge in [-0.25, -0.2) is 9.97 Å². The first kappa shape index (κ1) is 29.8. The first-order valence-corrected chi connectivity index (χ1v) is 14.9. The molecule has 39 heavy (non-hydrogen) atoms. The van der Waals surface area contributed by atoms with Crippen LogP contribution >= 0.6 is 7.14 Å². The number of hydrogen-bond acceptors (Lipinski definition) is 8. The molecule has 0 bridgehead atoms. The third kappa shape index (κ3) is 6.29. The highest BCUT2D eigenvalue weighted by Crippen LogP contribution is 2.41. The van der Waals surface area contributed by atoms with E-state index in [-0.39, 0.29) is 24.0 Å². The molecule has 2 heterocycles. The molecule has 4 aromatic rings. The van der Waals surface area contributed by atoms with Gasteiger partial charge >= 0.3 is 0 Å². The van der Waals surface area contributed by atoms with Gasteiger partial charge in [0.1, 0.15) is 12.8 Å². The number of fused-ring (bicyclic) bond motifs is 1. The lowest BCUT2D eigenvalue weighted by molar-refractivity contribution is -0.384. The molecule has 0 unspecified atom stereocenters. The number of rotatable bonds is 9. The third-order valence-corrected chi connectivity index (χ3v) is 8.05. The second-order valence-corrected chi connectivity index (χ2v) is 13.4. The quantitative estimate of drug-likeness (QED) is 0.166. The molecule has 0 amide bonds. The van der Waals surface area contributed by atoms with Gasteiger partial charge in [-0.1, -0.05) is 25.6 Å². The smallest absolute Gasteiger partial charge is 0.294 e. The van der Waals surface area contributed by atoms with Gasteiger partial charge in [-0.3, -0.25) is 10.1 Å². The van der Waals surface area contributed by atoms with E-state index in [0.29, 0.717) is 28.9 Å². The van der Waals surface area contributed by atoms with Gasteiger partial charge < -0.3 is 24.2 Å². The molecule has 0 fully saturated rings. The molecule has 208 valence electrons. The van der Waals surface area contributed by atoms with Crippen molar-refractivity contribution in [2.45, 2.75) is 14.4 Å². The van der Waals surface area contributed by atoms with E-state index in [9.17, 15) is 14.7 Å². The fourth-order valence-electron chi connectivity index (χ4n) is 4.42. The highest BCUT2D eigenvalue weighted by Gasteiger charge is 2.24. The molecule has 1 N–H and O–H groups in total. The summed E-state index contributed by atoms with van der Waals surface area (Å²) in [5.74, 6) is 0.274. The summed E-state index contributed by atoms with van der Waals surface area (Å²) in [4.78, 5) is 24.8. The minimum Gasteiger partial charge on any atom is -0.368 e. The zero-order chi connectivity index (χ0) is 27.8. The van der Waals surface area contributed by atoms with Crippen LogP contribution in [0.25, 0.3) is 22.2 Å². The summed E-state index contributed by atoms with van der Waals surface area (Å²) in [7, 11) is 5.03. The largest absolute Gasteiger partial charge is 0.368 e. The van der Waals surface area contributed by atoms with E-state index in [1.165, 1.54) is 6.07 Å². The van der Waals surface area contributed by atoms with Gasteiger partial charge in [0.25, 0.3) is 5.69 Å². The topological polar surface area (TPSA) is 109 Å². The van der Waals surface area contributed by atoms with Gasteiger partial charge in [0, 0.05) is 62.1 Å². The lowest BCUT2D eigenvalue weighted by Gasteiger charge is -2.22. The molecule has 11 heteroatoms. The van der Waals surface area contributed by atoms with Crippen LogP contribution in [0.2, 0.25) is 0 Å². The van der Waals surface area contributed by atoms with E-state index >= 15 is 0 Å². The van der Waals surface area contributed by atoms with Crippen molar-refractivity contribution in [3.05, 3.63) is 64.5 Å². The number of hydrogen-bond donors (Lipinski definition) is 1. The molecule has 0 atom stereocenters. The summed E-state index contributed by atoms with van der Waals surface area (Å²) in [5, 5.41) is 16.7. The molecule has 0 saturated carbocycles. The van der Waals surface area contributed by atoms with Gasteiger partial charge in [-0.05, 0) is 52.0 Å². The molecule has 0 aliphatic rings. The third-order valence-electron chi connectivity index (χ3n) is 6.56. The normalized spacial score (nSPS) is 11.5. The summed E-state index contributed by atoms with van der Waals surface area (Å²) < 4.78 is 15.2. The van der Waals surface area contributed by atoms with Crippen LogP contribution in [-0.4, -0.2) is 71.9 Å². The number of aryl methyl sites for hydroxylation is 2. The van der Waals surface area contributed by atoms with Crippen LogP contribution in [0.3, 0.4) is 0 Å². The summed E-state index contributed by atoms with van der Waals surface area (Å²) in [6.45, 7) is 6.70. The Labute approximate surface area is 230 Å². The number of para-hydroxylation sites is 1. The Balaban J connectivity index is 0.00000420. The molecule has 4 rings (SSSR count). The highest BCUT2D eigenvalue weighted by atomic mass is 31.2. The Kier molecular flexibility index (Phi) is 8.83. The van der Waals surface area contributed by atoms with Crippen molar-refractivity contribution < 1.29 is 9.49 Å². The Hall–Kier alpha value is -3.75. The zero-order valence-corrected chi connectivity index (χ0v) is 23.8. The maximum atomic E-state index is 13.2. The Bertz CT molecular complexity index is 1560. The molecule has 0 aliphatic heterocycles. The standard InChI is InChI=1S/C27H34N7O3P.CH4/c1-18-14-23(32(4)13-12-31(2)3)24(34(35)36)15-21(18)29-27-28-16-25(38(6,7)37)26(30-27)20-17-33(5)22-11-9-8-10-19(20)22;/h8-11,14-17H,12-13H2,1-7H3,(H,28,29,30);1H4. The fourth-order valence-corrected chi connectivity index (χ4v) is 5.43. The van der Waals surface area contributed by atoms with E-state index in [2.05, 4.69) is 10.3 Å². The van der Waals surface area contributed by atoms with Crippen molar-refractivity contribution >= 4 is 46.4 Å². The minimum atomic E-state index is -2.71. The predicted octanol–water partition coefficient (Wildman–Crippen LogP) is 5.48. The number of nitrogens with zero attached hydrogens (tertiary/aromatic N) is 6. The second-order valence-electron chi connectivity index (χ2n) is 10.2. The van der Waals surface area contributed by atoms with E-state index in [1.54, 1.807) is 19.5 Å². The van der Waals surface area contributed by atoms with E-state index in [1.807, 2.05) is 86.0 Å². The molecule has 10 nitrogen and oxygen atoms in total. The fraction of sp³-hybridized carbons (Fsp3) is 0.357. The van der Waals surface area contributed by atoms with Crippen LogP contribution in [0.4, 0.5) is 23.0 Å². The van der Waals surface area contributed by atoms with Crippen LogP contribution in [0.1, 0.15) is 13.0 Å². The van der Waals surface area contributed by atoms with Crippen molar-refractivity contribution in [2.75, 3.05) is 57.8 Å². The molecular formula is C28H38N7O3P. The number of likely N-dealkylation sites (N-methyl/N-ethyl adjacent to an activating group) is 2. The zero-order valence-electron chi connectivity index (χ0n) is 22.9. The first-order chi connectivity index (χ1) is 17.9. The Morgan fingerprint density at radius 2 is 1.82 bits per heavy atom. The number of aromatic nitrogens is 3. The molecular weight excluding hydrogens is 513 g/mol. The van der Waals surface area contributed by atoms with Crippen LogP contribution < -0.4 is 15.5 Å². The lowest BCUT2D eigenvalue weighted by Crippen LogP contribution is -2.29. The van der Waals surface area contributed by atoms with Crippen molar-refractivity contribution in [1.29, 1.82) is 0 Å². The minimum absolute atomic E-state index is 0. The highest BCUT2D eigenvalue weighted by molar-refractivity contribution is 7.70. The summed E-state index contributed by atoms with van der Waals surface area (Å²) in [5.41, 5.74) is 4.37. The maximum Gasteiger partial charge on any atom is 0.294 e. The SMILES string of the molecule is C.Cc1cc(N(C)CCN(C)C)c([N+](=O)[O-])cc1Nc1ncc(P(C)(C)=O)c(-c2cn(C)c3ccccc23)n1. The number of benzene rings is 2. The van der Waals surface area contributed by atoms with E-state index in [4.69, 9.17) is 4.98 Å². The predicted molar refractivity (Wildman–Crippen MR) is 163 cm³/mol. The van der Waals surface area contributed by atoms with E-state index in [0.717, 1.165) is 28.6 Å². The average Bonchev–Trinajstić information content (AvgIpc) is 3.19. The molecule has 2 aromatic heterocycles. The summed E-state index contributed by atoms with van der Waals surface area (Å²) >= 11 is 0. The lowest BCUT2D eigenvalue weighted by atomic mass is 10.1. The molecule has 0 radical (unpaired) electrons. The maximum absolute atomic E-state index is 13.2.